The van der Waals surface area contributed by atoms with Crippen LogP contribution in [0.3, 0.4) is 0 Å². The van der Waals surface area contributed by atoms with Gasteiger partial charge in [-0.15, -0.1) is 0 Å². The van der Waals surface area contributed by atoms with E-state index in [0.717, 1.165) is 0 Å². The summed E-state index contributed by atoms with van der Waals surface area (Å²) >= 11 is 0. The predicted octanol–water partition coefficient (Wildman–Crippen LogP) is -0.166. The van der Waals surface area contributed by atoms with Gasteiger partial charge in [-0.3, -0.25) is 4.79 Å². The number of hydrogen-bond donors (Lipinski definition) is 4. The third-order valence-electron chi connectivity index (χ3n) is 2.17. The average molecular weight is 238 g/mol. The Labute approximate surface area is 98.1 Å². The summed E-state index contributed by atoms with van der Waals surface area (Å²) in [6.45, 7) is -0.311. The van der Waals surface area contributed by atoms with Gasteiger partial charge in [-0.25, -0.2) is 4.79 Å². The Kier molecular flexibility index (Phi) is 4.47. The summed E-state index contributed by atoms with van der Waals surface area (Å²) in [6, 6.07) is 5.11. The third-order valence-corrected chi connectivity index (χ3v) is 2.17. The van der Waals surface area contributed by atoms with Gasteiger partial charge < -0.3 is 21.3 Å². The quantitative estimate of drug-likeness (QED) is 0.532. The molecule has 0 aromatic heterocycles. The second-order valence-electron chi connectivity index (χ2n) is 3.50. The van der Waals surface area contributed by atoms with Gasteiger partial charge in [0.2, 0.25) is 0 Å². The zero-order chi connectivity index (χ0) is 12.8. The van der Waals surface area contributed by atoms with Crippen LogP contribution < -0.4 is 11.1 Å². The van der Waals surface area contributed by atoms with Crippen LogP contribution >= 0.6 is 0 Å². The van der Waals surface area contributed by atoms with Crippen LogP contribution in [0.1, 0.15) is 16.8 Å². The molecule has 0 saturated carbocycles. The molecule has 5 N–H and O–H groups in total. The summed E-state index contributed by atoms with van der Waals surface area (Å²) in [4.78, 5) is 22.4. The molecule has 6 nitrogen and oxygen atoms in total. The zero-order valence-corrected chi connectivity index (χ0v) is 9.09. The molecule has 0 fully saturated rings. The number of aliphatic carboxylic acids is 1. The first-order chi connectivity index (χ1) is 8.04. The molecule has 0 aliphatic carbocycles. The summed E-state index contributed by atoms with van der Waals surface area (Å²) in [5, 5.41) is 19.8. The van der Waals surface area contributed by atoms with Gasteiger partial charge in [0.25, 0.3) is 5.91 Å². The fourth-order valence-corrected chi connectivity index (χ4v) is 1.31. The van der Waals surface area contributed by atoms with E-state index in [0.29, 0.717) is 5.69 Å². The second kappa shape index (κ2) is 5.86. The maximum Gasteiger partial charge on any atom is 0.326 e. The van der Waals surface area contributed by atoms with Crippen molar-refractivity contribution in [3.05, 3.63) is 29.8 Å². The lowest BCUT2D eigenvalue weighted by molar-refractivity contribution is -0.139. The first-order valence-electron chi connectivity index (χ1n) is 5.04. The molecule has 1 atom stereocenters. The summed E-state index contributed by atoms with van der Waals surface area (Å²) in [7, 11) is 0. The number of hydrogen-bond acceptors (Lipinski definition) is 4. The van der Waals surface area contributed by atoms with E-state index in [2.05, 4.69) is 5.32 Å². The van der Waals surface area contributed by atoms with Crippen LogP contribution in [0.15, 0.2) is 24.3 Å². The van der Waals surface area contributed by atoms with Gasteiger partial charge in [-0.1, -0.05) is 6.07 Å². The van der Waals surface area contributed by atoms with Crippen LogP contribution in [-0.4, -0.2) is 34.7 Å². The fourth-order valence-electron chi connectivity index (χ4n) is 1.31. The van der Waals surface area contributed by atoms with Crippen LogP contribution in [0.4, 0.5) is 5.69 Å². The van der Waals surface area contributed by atoms with E-state index < -0.39 is 17.9 Å². The Hall–Kier alpha value is -2.08. The minimum atomic E-state index is -1.18. The molecule has 1 amide bonds. The van der Waals surface area contributed by atoms with Gasteiger partial charge >= 0.3 is 5.97 Å². The maximum atomic E-state index is 11.7. The second-order valence-corrected chi connectivity index (χ2v) is 3.50. The van der Waals surface area contributed by atoms with Crippen molar-refractivity contribution < 1.29 is 19.8 Å². The smallest absolute Gasteiger partial charge is 0.326 e. The van der Waals surface area contributed by atoms with E-state index in [4.69, 9.17) is 15.9 Å². The number of nitrogens with one attached hydrogen (secondary N) is 1. The highest BCUT2D eigenvalue weighted by molar-refractivity contribution is 5.97. The Morgan fingerprint density at radius 2 is 2.12 bits per heavy atom. The van der Waals surface area contributed by atoms with Crippen LogP contribution in [0, 0.1) is 0 Å². The topological polar surface area (TPSA) is 113 Å². The van der Waals surface area contributed by atoms with Gasteiger partial charge in [-0.2, -0.15) is 0 Å². The molecule has 0 saturated heterocycles. The summed E-state index contributed by atoms with van der Waals surface area (Å²) in [5.41, 5.74) is 6.22. The van der Waals surface area contributed by atoms with E-state index >= 15 is 0 Å². The molecule has 0 radical (unpaired) electrons. The first kappa shape index (κ1) is 13.0. The van der Waals surface area contributed by atoms with Gasteiger partial charge in [0.1, 0.15) is 6.04 Å². The highest BCUT2D eigenvalue weighted by Gasteiger charge is 2.19. The number of nitrogens with two attached hydrogens (primary N) is 1. The predicted molar refractivity (Wildman–Crippen MR) is 61.4 cm³/mol. The lowest BCUT2D eigenvalue weighted by Gasteiger charge is -2.13. The fraction of sp³-hybridized carbons (Fsp3) is 0.273. The Bertz CT molecular complexity index is 420. The molecule has 0 bridgehead atoms. The molecule has 0 heterocycles. The number of carbonyl (C=O) groups is 2. The third kappa shape index (κ3) is 3.76. The Morgan fingerprint density at radius 3 is 2.65 bits per heavy atom. The minimum Gasteiger partial charge on any atom is -0.480 e. The van der Waals surface area contributed by atoms with Crippen molar-refractivity contribution in [1.82, 2.24) is 5.32 Å². The standard InChI is InChI=1S/C11H14N2O4/c12-8-3-1-2-7(6-8)10(15)13-9(4-5-14)11(16)17/h1-3,6,9,14H,4-5,12H2,(H,13,15)(H,16,17). The molecular weight excluding hydrogens is 224 g/mol. The Balaban J connectivity index is 2.73. The number of anilines is 1. The van der Waals surface area contributed by atoms with Crippen LogP contribution in [0.25, 0.3) is 0 Å². The minimum absolute atomic E-state index is 0.0383. The van der Waals surface area contributed by atoms with Gasteiger partial charge in [-0.05, 0) is 18.2 Å². The van der Waals surface area contributed by atoms with Gasteiger partial charge in [0.05, 0.1) is 0 Å². The van der Waals surface area contributed by atoms with Crippen molar-refractivity contribution in [3.8, 4) is 0 Å². The van der Waals surface area contributed by atoms with Gasteiger partial charge in [0.15, 0.2) is 0 Å². The number of carboxylic acid groups (broad SMARTS) is 1. The number of aliphatic hydroxyl groups is 1. The molecule has 1 aromatic rings. The molecule has 0 aliphatic rings. The van der Waals surface area contributed by atoms with Crippen LogP contribution in [0.5, 0.6) is 0 Å². The molecule has 17 heavy (non-hydrogen) atoms. The lowest BCUT2D eigenvalue weighted by Crippen LogP contribution is -2.41. The molecule has 0 spiro atoms. The molecule has 0 aliphatic heterocycles. The molecular formula is C11H14N2O4. The Morgan fingerprint density at radius 1 is 1.41 bits per heavy atom. The summed E-state index contributed by atoms with van der Waals surface area (Å²) in [5.74, 6) is -1.71. The number of rotatable bonds is 5. The van der Waals surface area contributed by atoms with Crippen molar-refractivity contribution in [1.29, 1.82) is 0 Å². The van der Waals surface area contributed by atoms with Crippen molar-refractivity contribution >= 4 is 17.6 Å². The van der Waals surface area contributed by atoms with Crippen LogP contribution in [-0.2, 0) is 4.79 Å². The first-order valence-corrected chi connectivity index (χ1v) is 5.04. The normalized spacial score (nSPS) is 11.8. The summed E-state index contributed by atoms with van der Waals surface area (Å²) < 4.78 is 0. The number of carboxylic acids is 1. The average Bonchev–Trinajstić information content (AvgIpc) is 2.28. The zero-order valence-electron chi connectivity index (χ0n) is 9.09. The lowest BCUT2D eigenvalue weighted by atomic mass is 10.1. The van der Waals surface area contributed by atoms with Crippen molar-refractivity contribution in [2.24, 2.45) is 0 Å². The van der Waals surface area contributed by atoms with Gasteiger partial charge in [0, 0.05) is 24.3 Å². The summed E-state index contributed by atoms with van der Waals surface area (Å²) in [6.07, 6.45) is -0.0383. The van der Waals surface area contributed by atoms with E-state index in [1.165, 1.54) is 12.1 Å². The highest BCUT2D eigenvalue weighted by Crippen LogP contribution is 2.07. The van der Waals surface area contributed by atoms with Crippen molar-refractivity contribution in [2.75, 3.05) is 12.3 Å². The van der Waals surface area contributed by atoms with Crippen molar-refractivity contribution in [2.45, 2.75) is 12.5 Å². The monoisotopic (exact) mass is 238 g/mol. The molecule has 1 unspecified atom stereocenters. The molecule has 1 rings (SSSR count). The number of carbonyl (C=O) groups excluding carboxylic acids is 1. The molecule has 1 aromatic carbocycles. The maximum absolute atomic E-state index is 11.7. The van der Waals surface area contributed by atoms with E-state index in [-0.39, 0.29) is 18.6 Å². The highest BCUT2D eigenvalue weighted by atomic mass is 16.4. The molecule has 92 valence electrons. The largest absolute Gasteiger partial charge is 0.480 e. The van der Waals surface area contributed by atoms with Crippen molar-refractivity contribution in [3.63, 3.8) is 0 Å². The number of nitrogen functional groups attached to an aromatic ring is 1. The number of aliphatic hydroxyl groups excluding tert-OH is 1. The van der Waals surface area contributed by atoms with Crippen LogP contribution in [0.2, 0.25) is 0 Å². The number of benzene rings is 1. The number of amides is 1. The van der Waals surface area contributed by atoms with E-state index in [9.17, 15) is 9.59 Å². The van der Waals surface area contributed by atoms with E-state index in [1.54, 1.807) is 12.1 Å². The SMILES string of the molecule is Nc1cccc(C(=O)NC(CCO)C(=O)O)c1. The molecule has 6 heteroatoms. The van der Waals surface area contributed by atoms with E-state index in [1.807, 2.05) is 0 Å².